The Bertz CT molecular complexity index is 820. The average molecular weight is 350 g/mol. The van der Waals surface area contributed by atoms with Crippen molar-refractivity contribution in [3.05, 3.63) is 59.9 Å². The number of sulfonamides is 1. The summed E-state index contributed by atoms with van der Waals surface area (Å²) in [7, 11) is -3.86. The predicted molar refractivity (Wildman–Crippen MR) is 90.6 cm³/mol. The van der Waals surface area contributed by atoms with E-state index < -0.39 is 21.7 Å². The van der Waals surface area contributed by atoms with Crippen LogP contribution in [0.2, 0.25) is 0 Å². The van der Waals surface area contributed by atoms with Gasteiger partial charge in [-0.3, -0.25) is 4.79 Å². The number of likely N-dealkylation sites (N-methyl/N-ethyl adjacent to an activating group) is 1. The highest BCUT2D eigenvalue weighted by atomic mass is 32.2. The molecule has 0 aliphatic carbocycles. The van der Waals surface area contributed by atoms with Gasteiger partial charge >= 0.3 is 0 Å². The molecule has 0 aliphatic rings. The van der Waals surface area contributed by atoms with Crippen LogP contribution in [-0.4, -0.2) is 31.7 Å². The van der Waals surface area contributed by atoms with Crippen LogP contribution < -0.4 is 5.32 Å². The number of carbonyl (C=O) groups is 1. The van der Waals surface area contributed by atoms with Gasteiger partial charge in [-0.15, -0.1) is 0 Å². The summed E-state index contributed by atoms with van der Waals surface area (Å²) in [4.78, 5) is 12.1. The van der Waals surface area contributed by atoms with Gasteiger partial charge in [-0.1, -0.05) is 25.1 Å². The number of benzene rings is 2. The molecule has 0 bridgehead atoms. The Labute approximate surface area is 141 Å². The third kappa shape index (κ3) is 4.18. The molecule has 0 saturated heterocycles. The fourth-order valence-corrected chi connectivity index (χ4v) is 3.59. The summed E-state index contributed by atoms with van der Waals surface area (Å²) in [5.41, 5.74) is 1.52. The van der Waals surface area contributed by atoms with E-state index in [0.717, 1.165) is 22.0 Å². The average Bonchev–Trinajstić information content (AvgIpc) is 2.55. The van der Waals surface area contributed by atoms with Crippen molar-refractivity contribution in [3.63, 3.8) is 0 Å². The van der Waals surface area contributed by atoms with Crippen molar-refractivity contribution in [1.82, 2.24) is 4.31 Å². The molecule has 2 aromatic carbocycles. The molecule has 2 aromatic rings. The largest absolute Gasteiger partial charge is 0.325 e. The van der Waals surface area contributed by atoms with Crippen LogP contribution in [0.5, 0.6) is 0 Å². The van der Waals surface area contributed by atoms with Crippen LogP contribution in [0.15, 0.2) is 53.4 Å². The molecular weight excluding hydrogens is 331 g/mol. The molecule has 0 radical (unpaired) electrons. The number of halogens is 1. The Kier molecular flexibility index (Phi) is 5.69. The van der Waals surface area contributed by atoms with E-state index in [0.29, 0.717) is 5.69 Å². The number of nitrogens with one attached hydrogen (secondary N) is 1. The topological polar surface area (TPSA) is 66.5 Å². The number of rotatable bonds is 6. The van der Waals surface area contributed by atoms with Crippen molar-refractivity contribution in [2.24, 2.45) is 0 Å². The Morgan fingerprint density at radius 2 is 1.75 bits per heavy atom. The zero-order chi connectivity index (χ0) is 17.7. The number of anilines is 1. The van der Waals surface area contributed by atoms with Gasteiger partial charge in [0.15, 0.2) is 0 Å². The first-order valence-electron chi connectivity index (χ1n) is 7.45. The number of hydrogen-bond donors (Lipinski definition) is 1. The lowest BCUT2D eigenvalue weighted by Crippen LogP contribution is -2.37. The molecule has 2 rings (SSSR count). The summed E-state index contributed by atoms with van der Waals surface area (Å²) < 4.78 is 39.1. The maximum atomic E-state index is 13.0. The molecule has 5 nitrogen and oxygen atoms in total. The SMILES string of the molecule is CCN(CC(=O)Nc1ccccc1C)S(=O)(=O)c1ccc(F)cc1. The number of hydrogen-bond acceptors (Lipinski definition) is 3. The molecule has 0 fully saturated rings. The molecule has 1 N–H and O–H groups in total. The molecule has 7 heteroatoms. The summed E-state index contributed by atoms with van der Waals surface area (Å²) in [5.74, 6) is -0.953. The lowest BCUT2D eigenvalue weighted by Gasteiger charge is -2.20. The van der Waals surface area contributed by atoms with Crippen LogP contribution in [0.1, 0.15) is 12.5 Å². The minimum Gasteiger partial charge on any atom is -0.325 e. The second kappa shape index (κ2) is 7.55. The summed E-state index contributed by atoms with van der Waals surface area (Å²) in [5, 5.41) is 2.70. The highest BCUT2D eigenvalue weighted by Gasteiger charge is 2.25. The van der Waals surface area contributed by atoms with E-state index in [2.05, 4.69) is 5.32 Å². The molecular formula is C17H19FN2O3S. The van der Waals surface area contributed by atoms with E-state index in [4.69, 9.17) is 0 Å². The van der Waals surface area contributed by atoms with E-state index >= 15 is 0 Å². The Morgan fingerprint density at radius 3 is 2.33 bits per heavy atom. The molecule has 0 saturated carbocycles. The molecule has 0 aliphatic heterocycles. The number of para-hydroxylation sites is 1. The van der Waals surface area contributed by atoms with Crippen LogP contribution >= 0.6 is 0 Å². The zero-order valence-corrected chi connectivity index (χ0v) is 14.3. The summed E-state index contributed by atoms with van der Waals surface area (Å²) in [6.45, 7) is 3.30. The van der Waals surface area contributed by atoms with Crippen molar-refractivity contribution in [2.45, 2.75) is 18.7 Å². The normalized spacial score (nSPS) is 11.5. The highest BCUT2D eigenvalue weighted by Crippen LogP contribution is 2.17. The minimum absolute atomic E-state index is 0.0468. The van der Waals surface area contributed by atoms with Gasteiger partial charge in [0.25, 0.3) is 0 Å². The second-order valence-electron chi connectivity index (χ2n) is 5.25. The maximum absolute atomic E-state index is 13.0. The van der Waals surface area contributed by atoms with Gasteiger partial charge < -0.3 is 5.32 Å². The molecule has 0 heterocycles. The summed E-state index contributed by atoms with van der Waals surface area (Å²) in [6.07, 6.45) is 0. The second-order valence-corrected chi connectivity index (χ2v) is 7.19. The van der Waals surface area contributed by atoms with Crippen LogP contribution in [0.3, 0.4) is 0 Å². The van der Waals surface area contributed by atoms with Gasteiger partial charge in [0.05, 0.1) is 11.4 Å². The van der Waals surface area contributed by atoms with Crippen molar-refractivity contribution >= 4 is 21.6 Å². The number of carbonyl (C=O) groups excluding carboxylic acids is 1. The van der Waals surface area contributed by atoms with E-state index in [1.807, 2.05) is 19.1 Å². The van der Waals surface area contributed by atoms with Crippen molar-refractivity contribution in [3.8, 4) is 0 Å². The standard InChI is InChI=1S/C17H19FN2O3S/c1-3-20(24(22,23)15-10-8-14(18)9-11-15)12-17(21)19-16-7-5-4-6-13(16)2/h4-11H,3,12H2,1-2H3,(H,19,21). The zero-order valence-electron chi connectivity index (χ0n) is 13.5. The van der Waals surface area contributed by atoms with E-state index in [-0.39, 0.29) is 18.0 Å². The van der Waals surface area contributed by atoms with Gasteiger partial charge in [-0.2, -0.15) is 4.31 Å². The first-order chi connectivity index (χ1) is 11.3. The van der Waals surface area contributed by atoms with Crippen LogP contribution in [0.25, 0.3) is 0 Å². The first kappa shape index (κ1) is 18.1. The van der Waals surface area contributed by atoms with E-state index in [9.17, 15) is 17.6 Å². The molecule has 0 unspecified atom stereocenters. The third-order valence-electron chi connectivity index (χ3n) is 3.54. The van der Waals surface area contributed by atoms with Gasteiger partial charge in [0.1, 0.15) is 5.82 Å². The van der Waals surface area contributed by atoms with Crippen molar-refractivity contribution < 1.29 is 17.6 Å². The maximum Gasteiger partial charge on any atom is 0.243 e. The smallest absolute Gasteiger partial charge is 0.243 e. The Morgan fingerprint density at radius 1 is 1.12 bits per heavy atom. The minimum atomic E-state index is -3.86. The van der Waals surface area contributed by atoms with Crippen LogP contribution in [0, 0.1) is 12.7 Å². The van der Waals surface area contributed by atoms with Crippen LogP contribution in [0.4, 0.5) is 10.1 Å². The number of nitrogens with zero attached hydrogens (tertiary/aromatic N) is 1. The summed E-state index contributed by atoms with van der Waals surface area (Å²) >= 11 is 0. The lowest BCUT2D eigenvalue weighted by molar-refractivity contribution is -0.116. The predicted octanol–water partition coefficient (Wildman–Crippen LogP) is 2.78. The number of amides is 1. The fourth-order valence-electron chi connectivity index (χ4n) is 2.19. The van der Waals surface area contributed by atoms with Crippen molar-refractivity contribution in [1.29, 1.82) is 0 Å². The van der Waals surface area contributed by atoms with E-state index in [1.54, 1.807) is 19.1 Å². The summed E-state index contributed by atoms with van der Waals surface area (Å²) in [6, 6.07) is 11.8. The highest BCUT2D eigenvalue weighted by molar-refractivity contribution is 7.89. The van der Waals surface area contributed by atoms with Crippen molar-refractivity contribution in [2.75, 3.05) is 18.4 Å². The monoisotopic (exact) mass is 350 g/mol. The Balaban J connectivity index is 2.15. The van der Waals surface area contributed by atoms with Gasteiger partial charge in [0, 0.05) is 12.2 Å². The molecule has 128 valence electrons. The van der Waals surface area contributed by atoms with Gasteiger partial charge in [-0.05, 0) is 42.8 Å². The fraction of sp³-hybridized carbons (Fsp3) is 0.235. The third-order valence-corrected chi connectivity index (χ3v) is 5.48. The number of aryl methyl sites for hydroxylation is 1. The van der Waals surface area contributed by atoms with E-state index in [1.165, 1.54) is 12.1 Å². The molecule has 0 spiro atoms. The Hall–Kier alpha value is -2.25. The molecule has 0 atom stereocenters. The van der Waals surface area contributed by atoms with Gasteiger partial charge in [-0.25, -0.2) is 12.8 Å². The first-order valence-corrected chi connectivity index (χ1v) is 8.90. The van der Waals surface area contributed by atoms with Gasteiger partial charge in [0.2, 0.25) is 15.9 Å². The molecule has 24 heavy (non-hydrogen) atoms. The molecule has 1 amide bonds. The lowest BCUT2D eigenvalue weighted by atomic mass is 10.2. The quantitative estimate of drug-likeness (QED) is 0.871. The molecule has 0 aromatic heterocycles. The van der Waals surface area contributed by atoms with Crippen LogP contribution in [-0.2, 0) is 14.8 Å².